The molecule has 1 aliphatic rings. The van der Waals surface area contributed by atoms with Crippen molar-refractivity contribution in [1.29, 1.82) is 0 Å². The van der Waals surface area contributed by atoms with Crippen LogP contribution in [0.3, 0.4) is 0 Å². The molecule has 0 aliphatic carbocycles. The first-order valence-electron chi connectivity index (χ1n) is 5.70. The summed E-state index contributed by atoms with van der Waals surface area (Å²) < 4.78 is 6.03. The van der Waals surface area contributed by atoms with Crippen molar-refractivity contribution in [3.05, 3.63) is 17.5 Å². The summed E-state index contributed by atoms with van der Waals surface area (Å²) in [5.74, 6) is 0.856. The van der Waals surface area contributed by atoms with Crippen molar-refractivity contribution in [1.82, 2.24) is 9.97 Å². The summed E-state index contributed by atoms with van der Waals surface area (Å²) in [4.78, 5) is 10.4. The maximum Gasteiger partial charge on any atom is 0.134 e. The van der Waals surface area contributed by atoms with E-state index in [0.29, 0.717) is 5.15 Å². The van der Waals surface area contributed by atoms with E-state index in [9.17, 15) is 0 Å². The predicted octanol–water partition coefficient (Wildman–Crippen LogP) is 2.52. The first kappa shape index (κ1) is 12.6. The monoisotopic (exact) mass is 255 g/mol. The second-order valence-electron chi connectivity index (χ2n) is 5.68. The van der Waals surface area contributed by atoms with Gasteiger partial charge in [-0.25, -0.2) is 9.97 Å². The zero-order chi connectivity index (χ0) is 12.7. The second-order valence-corrected chi connectivity index (χ2v) is 6.06. The van der Waals surface area contributed by atoms with Gasteiger partial charge in [-0.1, -0.05) is 11.6 Å². The van der Waals surface area contributed by atoms with Gasteiger partial charge in [0.25, 0.3) is 0 Å². The third-order valence-electron chi connectivity index (χ3n) is 2.64. The van der Waals surface area contributed by atoms with Crippen molar-refractivity contribution < 1.29 is 4.74 Å². The van der Waals surface area contributed by atoms with Crippen molar-refractivity contribution in [3.8, 4) is 0 Å². The molecule has 1 saturated heterocycles. The summed E-state index contributed by atoms with van der Waals surface area (Å²) in [6, 6.07) is 1.79. The molecule has 0 amide bonds. The van der Waals surface area contributed by atoms with Crippen LogP contribution in [-0.2, 0) is 4.74 Å². The number of aromatic nitrogens is 2. The molecule has 1 fully saturated rings. The summed E-state index contributed by atoms with van der Waals surface area (Å²) in [5, 5.41) is 0.470. The van der Waals surface area contributed by atoms with Crippen molar-refractivity contribution >= 4 is 17.4 Å². The Morgan fingerprint density at radius 2 is 1.76 bits per heavy atom. The van der Waals surface area contributed by atoms with Crippen LogP contribution in [0.4, 0.5) is 5.82 Å². The van der Waals surface area contributed by atoms with Crippen LogP contribution < -0.4 is 4.90 Å². The Balaban J connectivity index is 2.27. The fourth-order valence-electron chi connectivity index (χ4n) is 2.45. The molecule has 1 aliphatic heterocycles. The Bertz CT molecular complexity index is 404. The van der Waals surface area contributed by atoms with Crippen molar-refractivity contribution in [2.45, 2.75) is 38.9 Å². The normalized spacial score (nSPS) is 22.5. The summed E-state index contributed by atoms with van der Waals surface area (Å²) >= 11 is 5.90. The highest BCUT2D eigenvalue weighted by molar-refractivity contribution is 6.29. The molecule has 0 spiro atoms. The third-order valence-corrected chi connectivity index (χ3v) is 2.85. The van der Waals surface area contributed by atoms with E-state index >= 15 is 0 Å². The highest BCUT2D eigenvalue weighted by Crippen LogP contribution is 2.30. The minimum absolute atomic E-state index is 0.195. The van der Waals surface area contributed by atoms with Gasteiger partial charge in [-0.2, -0.15) is 0 Å². The molecular formula is C12H18ClN3O. The number of hydrogen-bond acceptors (Lipinski definition) is 4. The van der Waals surface area contributed by atoms with Crippen LogP contribution >= 0.6 is 11.6 Å². The number of rotatable bonds is 1. The van der Waals surface area contributed by atoms with E-state index in [1.165, 1.54) is 6.33 Å². The molecule has 2 heterocycles. The molecule has 0 radical (unpaired) electrons. The molecule has 0 unspecified atom stereocenters. The third kappa shape index (κ3) is 3.07. The number of nitrogens with zero attached hydrogens (tertiary/aromatic N) is 3. The zero-order valence-corrected chi connectivity index (χ0v) is 11.5. The second kappa shape index (κ2) is 4.10. The van der Waals surface area contributed by atoms with Crippen molar-refractivity contribution in [2.24, 2.45) is 0 Å². The van der Waals surface area contributed by atoms with Gasteiger partial charge >= 0.3 is 0 Å². The zero-order valence-electron chi connectivity index (χ0n) is 10.7. The molecule has 1 aromatic heterocycles. The molecule has 0 bridgehead atoms. The molecule has 2 rings (SSSR count). The van der Waals surface area contributed by atoms with Crippen LogP contribution in [-0.4, -0.2) is 34.3 Å². The van der Waals surface area contributed by atoms with Gasteiger partial charge in [0.1, 0.15) is 17.3 Å². The lowest BCUT2D eigenvalue weighted by Crippen LogP contribution is -2.57. The maximum atomic E-state index is 6.03. The molecule has 4 nitrogen and oxygen atoms in total. The van der Waals surface area contributed by atoms with Crippen LogP contribution in [0.2, 0.25) is 5.15 Å². The number of ether oxygens (including phenoxy) is 1. The largest absolute Gasteiger partial charge is 0.366 e. The molecule has 0 aromatic carbocycles. The van der Waals surface area contributed by atoms with Gasteiger partial charge in [0.15, 0.2) is 0 Å². The maximum absolute atomic E-state index is 6.03. The highest BCUT2D eigenvalue weighted by atomic mass is 35.5. The van der Waals surface area contributed by atoms with Crippen molar-refractivity contribution in [3.63, 3.8) is 0 Å². The SMILES string of the molecule is CC1(C)CN(c2cc(Cl)ncn2)CC(C)(C)O1. The first-order chi connectivity index (χ1) is 7.77. The fraction of sp³-hybridized carbons (Fsp3) is 0.667. The van der Waals surface area contributed by atoms with Gasteiger partial charge in [-0.15, -0.1) is 0 Å². The molecule has 0 atom stereocenters. The van der Waals surface area contributed by atoms with Crippen LogP contribution in [0.15, 0.2) is 12.4 Å². The Labute approximate surface area is 107 Å². The average Bonchev–Trinajstić information content (AvgIpc) is 2.12. The van der Waals surface area contributed by atoms with Gasteiger partial charge in [0.2, 0.25) is 0 Å². The molecule has 0 saturated carbocycles. The Hall–Kier alpha value is -0.870. The molecule has 17 heavy (non-hydrogen) atoms. The Morgan fingerprint density at radius 1 is 1.18 bits per heavy atom. The van der Waals surface area contributed by atoms with Crippen LogP contribution in [0, 0.1) is 0 Å². The van der Waals surface area contributed by atoms with E-state index in [-0.39, 0.29) is 11.2 Å². The first-order valence-corrected chi connectivity index (χ1v) is 6.08. The summed E-state index contributed by atoms with van der Waals surface area (Å²) in [6.07, 6.45) is 1.49. The van der Waals surface area contributed by atoms with E-state index in [0.717, 1.165) is 18.9 Å². The van der Waals surface area contributed by atoms with Gasteiger partial charge in [-0.3, -0.25) is 0 Å². The minimum Gasteiger partial charge on any atom is -0.366 e. The highest BCUT2D eigenvalue weighted by Gasteiger charge is 2.38. The lowest BCUT2D eigenvalue weighted by molar-refractivity contribution is -0.133. The van der Waals surface area contributed by atoms with E-state index in [1.807, 2.05) is 0 Å². The van der Waals surface area contributed by atoms with Crippen LogP contribution in [0.1, 0.15) is 27.7 Å². The average molecular weight is 256 g/mol. The van der Waals surface area contributed by atoms with Gasteiger partial charge in [0.05, 0.1) is 11.2 Å². The van der Waals surface area contributed by atoms with E-state index < -0.39 is 0 Å². The van der Waals surface area contributed by atoms with E-state index in [4.69, 9.17) is 16.3 Å². The Morgan fingerprint density at radius 3 is 2.29 bits per heavy atom. The summed E-state index contributed by atoms with van der Waals surface area (Å²) in [6.45, 7) is 9.94. The standard InChI is InChI=1S/C12H18ClN3O/c1-11(2)6-16(7-12(3,4)17-11)10-5-9(13)14-8-15-10/h5,8H,6-7H2,1-4H3. The molecule has 94 valence electrons. The summed E-state index contributed by atoms with van der Waals surface area (Å²) in [7, 11) is 0. The van der Waals surface area contributed by atoms with Crippen LogP contribution in [0.5, 0.6) is 0 Å². The predicted molar refractivity (Wildman–Crippen MR) is 68.5 cm³/mol. The van der Waals surface area contributed by atoms with E-state index in [1.54, 1.807) is 6.07 Å². The quantitative estimate of drug-likeness (QED) is 0.723. The molecule has 5 heteroatoms. The topological polar surface area (TPSA) is 38.2 Å². The molecule has 1 aromatic rings. The molecular weight excluding hydrogens is 238 g/mol. The smallest absolute Gasteiger partial charge is 0.134 e. The summed E-state index contributed by atoms with van der Waals surface area (Å²) in [5.41, 5.74) is -0.391. The number of morpholine rings is 1. The minimum atomic E-state index is -0.195. The number of hydrogen-bond donors (Lipinski definition) is 0. The van der Waals surface area contributed by atoms with Crippen LogP contribution in [0.25, 0.3) is 0 Å². The Kier molecular flexibility index (Phi) is 3.04. The number of anilines is 1. The fourth-order valence-corrected chi connectivity index (χ4v) is 2.59. The van der Waals surface area contributed by atoms with Crippen molar-refractivity contribution in [2.75, 3.05) is 18.0 Å². The number of halogens is 1. The van der Waals surface area contributed by atoms with Gasteiger partial charge in [-0.05, 0) is 27.7 Å². The lowest BCUT2D eigenvalue weighted by atomic mass is 9.99. The molecule has 0 N–H and O–H groups in total. The lowest BCUT2D eigenvalue weighted by Gasteiger charge is -2.47. The van der Waals surface area contributed by atoms with E-state index in [2.05, 4.69) is 42.6 Å². The van der Waals surface area contributed by atoms with Gasteiger partial charge in [0, 0.05) is 19.2 Å². The van der Waals surface area contributed by atoms with Gasteiger partial charge < -0.3 is 9.64 Å².